The minimum Gasteiger partial charge on any atom is -0.363 e. The summed E-state index contributed by atoms with van der Waals surface area (Å²) in [5, 5.41) is 14.2. The van der Waals surface area contributed by atoms with Gasteiger partial charge in [0.25, 0.3) is 11.2 Å². The molecule has 13 nitrogen and oxygen atoms in total. The fraction of sp³-hybridized carbons (Fsp3) is 0.353. The third kappa shape index (κ3) is 9.21. The van der Waals surface area contributed by atoms with Gasteiger partial charge in [0.1, 0.15) is 11.5 Å². The van der Waals surface area contributed by atoms with Crippen molar-refractivity contribution in [2.75, 3.05) is 43.8 Å². The van der Waals surface area contributed by atoms with Crippen molar-refractivity contribution in [3.8, 4) is 0 Å². The fourth-order valence-electron chi connectivity index (χ4n) is 6.34. The quantitative estimate of drug-likeness (QED) is 0.0780. The smallest absolute Gasteiger partial charge is 0.363 e. The van der Waals surface area contributed by atoms with E-state index in [1.165, 1.54) is 19.1 Å². The lowest BCUT2D eigenvalue weighted by atomic mass is 10.1. The van der Waals surface area contributed by atoms with Crippen LogP contribution in [0.25, 0.3) is 0 Å². The molecule has 52 heavy (non-hydrogen) atoms. The molecule has 0 amide bonds. The van der Waals surface area contributed by atoms with Crippen LogP contribution < -0.4 is 21.5 Å². The molecule has 278 valence electrons. The molecule has 1 atom stereocenters. The van der Waals surface area contributed by atoms with Crippen LogP contribution in [0.1, 0.15) is 34.0 Å². The van der Waals surface area contributed by atoms with Gasteiger partial charge in [-0.15, -0.1) is 0 Å². The number of nitrogens with one attached hydrogen (secondary N) is 1. The monoisotopic (exact) mass is 748 g/mol. The topological polar surface area (TPSA) is 163 Å². The Morgan fingerprint density at radius 3 is 2.25 bits per heavy atom. The summed E-state index contributed by atoms with van der Waals surface area (Å²) in [6.45, 7) is 1.68. The van der Waals surface area contributed by atoms with Gasteiger partial charge in [-0.3, -0.25) is 33.5 Å². The van der Waals surface area contributed by atoms with Crippen molar-refractivity contribution < 1.29 is 36.8 Å². The molecule has 0 unspecified atom stereocenters. The van der Waals surface area contributed by atoms with Crippen LogP contribution in [0.15, 0.2) is 82.4 Å². The highest BCUT2D eigenvalue weighted by Crippen LogP contribution is 2.34. The standard InChI is InChI=1S/C34H37F4N6O7P/c1-23-31(41-16-14-40(15-17-41)20-24-7-5-10-26(19-24)44(47)48)32(45)43(22-30(25-8-3-2-4-9-25)39-13-18-52(49,50)51)33(46)42(23)21-27-28(34(36,37)38)11-6-12-29(27)35/h2-12,19,30,39H,13-18,20-22H2,1H3,(H2,49,50,51)/t30-/m0/s1. The molecule has 1 fully saturated rings. The average Bonchev–Trinajstić information content (AvgIpc) is 3.08. The SMILES string of the molecule is Cc1c(N2CCN(Cc3cccc([N+](=O)[O-])c3)CC2)c(=O)n(C[C@H](NCCP(=O)(O)O)c2ccccc2)c(=O)n1Cc1c(F)cccc1C(F)(F)F. The summed E-state index contributed by atoms with van der Waals surface area (Å²) in [7, 11) is -4.42. The largest absolute Gasteiger partial charge is 0.416 e. The summed E-state index contributed by atoms with van der Waals surface area (Å²) in [5.41, 5.74) is -2.51. The molecule has 1 aromatic heterocycles. The van der Waals surface area contributed by atoms with E-state index in [4.69, 9.17) is 0 Å². The average molecular weight is 749 g/mol. The Labute approximate surface area is 295 Å². The summed E-state index contributed by atoms with van der Waals surface area (Å²) < 4.78 is 70.6. The van der Waals surface area contributed by atoms with Gasteiger partial charge in [-0.1, -0.05) is 48.5 Å². The van der Waals surface area contributed by atoms with E-state index in [-0.39, 0.29) is 43.2 Å². The van der Waals surface area contributed by atoms with Crippen molar-refractivity contribution in [3.05, 3.63) is 138 Å². The normalized spacial score (nSPS) is 14.8. The Morgan fingerprint density at radius 1 is 0.942 bits per heavy atom. The van der Waals surface area contributed by atoms with Crippen LogP contribution in [0.4, 0.5) is 28.9 Å². The van der Waals surface area contributed by atoms with E-state index in [9.17, 15) is 47.2 Å². The van der Waals surface area contributed by atoms with Gasteiger partial charge in [0, 0.05) is 62.7 Å². The Morgan fingerprint density at radius 2 is 1.62 bits per heavy atom. The van der Waals surface area contributed by atoms with Crippen LogP contribution in [0.5, 0.6) is 0 Å². The van der Waals surface area contributed by atoms with Crippen LogP contribution in [0.2, 0.25) is 0 Å². The molecule has 3 aromatic carbocycles. The minimum atomic E-state index is -4.94. The van der Waals surface area contributed by atoms with Crippen LogP contribution in [0.3, 0.4) is 0 Å². The first kappa shape index (κ1) is 38.6. The van der Waals surface area contributed by atoms with Crippen LogP contribution in [-0.4, -0.2) is 67.6 Å². The number of nitro benzene ring substituents is 1. The molecule has 5 rings (SSSR count). The highest BCUT2D eigenvalue weighted by Gasteiger charge is 2.35. The fourth-order valence-corrected chi connectivity index (χ4v) is 6.76. The van der Waals surface area contributed by atoms with Gasteiger partial charge in [0.2, 0.25) is 0 Å². The zero-order valence-corrected chi connectivity index (χ0v) is 28.9. The molecule has 1 saturated heterocycles. The highest BCUT2D eigenvalue weighted by atomic mass is 31.2. The van der Waals surface area contributed by atoms with Crippen molar-refractivity contribution in [1.29, 1.82) is 0 Å². The van der Waals surface area contributed by atoms with Crippen molar-refractivity contribution in [3.63, 3.8) is 0 Å². The molecule has 2 heterocycles. The first-order valence-electron chi connectivity index (χ1n) is 16.3. The zero-order chi connectivity index (χ0) is 37.8. The second-order valence-electron chi connectivity index (χ2n) is 12.5. The van der Waals surface area contributed by atoms with E-state index >= 15 is 4.39 Å². The Balaban J connectivity index is 1.55. The van der Waals surface area contributed by atoms with Gasteiger partial charge in [-0.05, 0) is 30.2 Å². The predicted molar refractivity (Wildman–Crippen MR) is 185 cm³/mol. The number of non-ortho nitro benzene ring substituents is 1. The number of alkyl halides is 3. The van der Waals surface area contributed by atoms with E-state index in [1.54, 1.807) is 47.4 Å². The van der Waals surface area contributed by atoms with E-state index < -0.39 is 65.6 Å². The van der Waals surface area contributed by atoms with E-state index in [0.717, 1.165) is 21.3 Å². The van der Waals surface area contributed by atoms with Gasteiger partial charge in [-0.25, -0.2) is 9.18 Å². The Bertz CT molecular complexity index is 2080. The molecule has 4 aromatic rings. The molecule has 0 spiro atoms. The second-order valence-corrected chi connectivity index (χ2v) is 14.3. The van der Waals surface area contributed by atoms with Crippen molar-refractivity contribution in [1.82, 2.24) is 19.4 Å². The molecule has 0 aliphatic carbocycles. The second kappa shape index (κ2) is 15.9. The van der Waals surface area contributed by atoms with Gasteiger partial charge >= 0.3 is 19.5 Å². The number of benzene rings is 3. The number of halogens is 4. The molecular weight excluding hydrogens is 711 g/mol. The number of rotatable bonds is 13. The highest BCUT2D eigenvalue weighted by molar-refractivity contribution is 7.51. The number of hydrogen-bond acceptors (Lipinski definition) is 8. The van der Waals surface area contributed by atoms with E-state index in [1.807, 2.05) is 4.90 Å². The maximum Gasteiger partial charge on any atom is 0.416 e. The lowest BCUT2D eigenvalue weighted by Gasteiger charge is -2.37. The molecular formula is C34H37F4N6O7P. The molecule has 0 bridgehead atoms. The number of anilines is 1. The third-order valence-corrected chi connectivity index (χ3v) is 9.78. The van der Waals surface area contributed by atoms with Crippen LogP contribution in [0, 0.1) is 22.9 Å². The molecule has 1 aliphatic rings. The van der Waals surface area contributed by atoms with Gasteiger partial charge in [0.15, 0.2) is 0 Å². The molecule has 0 saturated carbocycles. The zero-order valence-electron chi connectivity index (χ0n) is 28.0. The summed E-state index contributed by atoms with van der Waals surface area (Å²) in [5.74, 6) is -1.18. The summed E-state index contributed by atoms with van der Waals surface area (Å²) >= 11 is 0. The predicted octanol–water partition coefficient (Wildman–Crippen LogP) is 4.26. The lowest BCUT2D eigenvalue weighted by molar-refractivity contribution is -0.384. The van der Waals surface area contributed by atoms with Crippen molar-refractivity contribution in [2.24, 2.45) is 0 Å². The summed E-state index contributed by atoms with van der Waals surface area (Å²) in [6, 6.07) is 16.3. The van der Waals surface area contributed by atoms with Crippen LogP contribution >= 0.6 is 7.60 Å². The van der Waals surface area contributed by atoms with Gasteiger partial charge < -0.3 is 20.0 Å². The molecule has 18 heteroatoms. The summed E-state index contributed by atoms with van der Waals surface area (Å²) in [4.78, 5) is 61.8. The first-order valence-corrected chi connectivity index (χ1v) is 18.1. The van der Waals surface area contributed by atoms with E-state index in [2.05, 4.69) is 5.32 Å². The van der Waals surface area contributed by atoms with Gasteiger partial charge in [0.05, 0.1) is 35.8 Å². The molecule has 3 N–H and O–H groups in total. The number of nitro groups is 1. The number of piperazine rings is 1. The summed E-state index contributed by atoms with van der Waals surface area (Å²) in [6.07, 6.45) is -5.48. The van der Waals surface area contributed by atoms with Crippen LogP contribution in [-0.2, 0) is 30.4 Å². The lowest BCUT2D eigenvalue weighted by Crippen LogP contribution is -2.51. The maximum absolute atomic E-state index is 15.1. The maximum atomic E-state index is 15.1. The van der Waals surface area contributed by atoms with Crippen molar-refractivity contribution >= 4 is 19.0 Å². The number of aromatic nitrogens is 2. The number of hydrogen-bond donors (Lipinski definition) is 3. The minimum absolute atomic E-state index is 0.0282. The third-order valence-electron chi connectivity index (χ3n) is 8.97. The Kier molecular flexibility index (Phi) is 11.8. The van der Waals surface area contributed by atoms with E-state index in [0.29, 0.717) is 36.8 Å². The number of nitrogens with zero attached hydrogens (tertiary/aromatic N) is 5. The van der Waals surface area contributed by atoms with Crippen molar-refractivity contribution in [2.45, 2.75) is 38.8 Å². The molecule has 0 radical (unpaired) electrons. The first-order chi connectivity index (χ1) is 24.5. The Hall–Kier alpha value is -4.67. The van der Waals surface area contributed by atoms with Gasteiger partial charge in [-0.2, -0.15) is 13.2 Å². The molecule has 1 aliphatic heterocycles.